The Labute approximate surface area is 690 Å². The molecule has 19 aromatic rings. The van der Waals surface area contributed by atoms with Crippen LogP contribution in [0.3, 0.4) is 0 Å². The van der Waals surface area contributed by atoms with E-state index in [0.29, 0.717) is 66.2 Å². The van der Waals surface area contributed by atoms with Crippen LogP contribution < -0.4 is 9.80 Å². The van der Waals surface area contributed by atoms with Gasteiger partial charge in [0.2, 0.25) is 0 Å². The fraction of sp³-hybridized carbons (Fsp3) is 0. The van der Waals surface area contributed by atoms with E-state index in [0.717, 1.165) is 75.8 Å². The van der Waals surface area contributed by atoms with E-state index < -0.39 is 0 Å². The van der Waals surface area contributed by atoms with Crippen LogP contribution in [0, 0.1) is 111 Å². The predicted molar refractivity (Wildman–Crippen MR) is 485 cm³/mol. The van der Waals surface area contributed by atoms with Crippen molar-refractivity contribution in [2.45, 2.75) is 0 Å². The van der Waals surface area contributed by atoms with Gasteiger partial charge in [0.25, 0.3) is 0 Å². The number of thiophene rings is 3. The molecule has 9 aromatic heterocycles. The van der Waals surface area contributed by atoms with Crippen LogP contribution in [0.4, 0.5) is 34.1 Å². The van der Waals surface area contributed by atoms with Crippen molar-refractivity contribution in [1.29, 1.82) is 0 Å². The second-order valence-electron chi connectivity index (χ2n) is 23.5. The number of nitrogens with zero attached hydrogens (tertiary/aromatic N) is 2. The molecule has 0 aliphatic heterocycles. The van der Waals surface area contributed by atoms with E-state index in [1.807, 2.05) is 121 Å². The van der Waals surface area contributed by atoms with Crippen molar-refractivity contribution in [2.24, 2.45) is 0 Å². The first-order valence-electron chi connectivity index (χ1n) is 34.7. The summed E-state index contributed by atoms with van der Waals surface area (Å²) in [6, 6.07) is 104. The van der Waals surface area contributed by atoms with Crippen molar-refractivity contribution in [3.05, 3.63) is 389 Å². The van der Waals surface area contributed by atoms with Gasteiger partial charge in [-0.2, -0.15) is 0 Å². The number of benzene rings is 10. The maximum absolute atomic E-state index is 5.63. The molecule has 0 amide bonds. The SMILES string of the molecule is C#Cc1c2ccccc2cc2ccccc12.C#Cc1cc2[se]ccc2[se]1.C#Cc1cc2occc2o1.C#Cc1cc2sccc2s1.C#Cc1ccc(N(c2ccccc2)c2cccc3ccccc23)cc1.C#Cc1ccc(N(c2ccccc2)c2ccccc2)cc1.C#Cc1ccc[se]1.C#Cc1ccco1.C#Cc1cccs1. The summed E-state index contributed by atoms with van der Waals surface area (Å²) < 4.78 is 22.9. The number of fused-ring (bicyclic) bond motifs is 6. The summed E-state index contributed by atoms with van der Waals surface area (Å²) in [6.45, 7) is 0. The molecule has 0 bridgehead atoms. The van der Waals surface area contributed by atoms with E-state index in [-0.39, 0.29) is 0 Å². The quantitative estimate of drug-likeness (QED) is 0.0943. The minimum Gasteiger partial charge on any atom is -0.456 e. The third-order valence-corrected chi connectivity index (χ3v) is 25.5. The summed E-state index contributed by atoms with van der Waals surface area (Å²) >= 11 is 6.55. The number of terminal acetylenes is 9. The second kappa shape index (κ2) is 42.3. The smallest absolute Gasteiger partial charge is 0.176 e. The molecule has 19 rings (SSSR count). The van der Waals surface area contributed by atoms with E-state index in [2.05, 4.69) is 248 Å². The molecule has 10 aromatic carbocycles. The second-order valence-corrected chi connectivity index (χ2v) is 32.7. The Bertz CT molecular complexity index is 6140. The molecule has 0 fully saturated rings. The summed E-state index contributed by atoms with van der Waals surface area (Å²) in [5.74, 6) is 24.4. The summed E-state index contributed by atoms with van der Waals surface area (Å²) in [7, 11) is 0. The summed E-state index contributed by atoms with van der Waals surface area (Å²) in [6.07, 6.45) is 50.4. The first-order chi connectivity index (χ1) is 55.6. The Morgan fingerprint density at radius 1 is 0.310 bits per heavy atom. The molecule has 0 unspecified atom stereocenters. The molecule has 0 aliphatic rings. The molecule has 0 atom stereocenters. The molecule has 5 nitrogen and oxygen atoms in total. The van der Waals surface area contributed by atoms with Gasteiger partial charge in [0.05, 0.1) is 28.0 Å². The van der Waals surface area contributed by atoms with E-state index in [4.69, 9.17) is 71.1 Å². The molecule has 538 valence electrons. The Morgan fingerprint density at radius 3 is 1.36 bits per heavy atom. The third kappa shape index (κ3) is 22.3. The summed E-state index contributed by atoms with van der Waals surface area (Å²) in [5.41, 5.74) is 10.9. The molecular weight excluding hydrogens is 1630 g/mol. The Morgan fingerprint density at radius 2 is 0.876 bits per heavy atom. The van der Waals surface area contributed by atoms with Crippen molar-refractivity contribution in [3.63, 3.8) is 0 Å². The van der Waals surface area contributed by atoms with Crippen LogP contribution in [0.25, 0.3) is 61.4 Å². The Kier molecular flexibility index (Phi) is 30.1. The van der Waals surface area contributed by atoms with Crippen molar-refractivity contribution in [1.82, 2.24) is 0 Å². The average molecular weight is 1700 g/mol. The zero-order valence-electron chi connectivity index (χ0n) is 60.7. The Balaban J connectivity index is 0.000000130. The minimum atomic E-state index is 0.471. The van der Waals surface area contributed by atoms with Gasteiger partial charge < -0.3 is 23.1 Å². The molecule has 0 saturated carbocycles. The fourth-order valence-corrected chi connectivity index (χ4v) is 19.7. The maximum atomic E-state index is 5.63. The van der Waals surface area contributed by atoms with Crippen LogP contribution >= 0.6 is 34.0 Å². The monoisotopic (exact) mass is 1700 g/mol. The van der Waals surface area contributed by atoms with Crippen molar-refractivity contribution < 1.29 is 13.3 Å². The molecular formula is C102H66N2O3S3Se3. The van der Waals surface area contributed by atoms with Gasteiger partial charge in [-0.15, -0.1) is 79.0 Å². The molecule has 0 radical (unpaired) electrons. The minimum absolute atomic E-state index is 0.471. The largest absolute Gasteiger partial charge is 0.456 e. The summed E-state index contributed by atoms with van der Waals surface area (Å²) in [4.78, 5) is 10.9. The van der Waals surface area contributed by atoms with E-state index >= 15 is 0 Å². The normalized spacial score (nSPS) is 9.69. The van der Waals surface area contributed by atoms with Crippen molar-refractivity contribution >= 4 is 173 Å². The van der Waals surface area contributed by atoms with Gasteiger partial charge in [0.1, 0.15) is 0 Å². The van der Waals surface area contributed by atoms with E-state index in [1.54, 1.807) is 70.8 Å². The fourth-order valence-electron chi connectivity index (χ4n) is 11.2. The average Bonchev–Trinajstić information content (AvgIpc) is 1.58. The van der Waals surface area contributed by atoms with Gasteiger partial charge in [-0.1, -0.05) is 175 Å². The topological polar surface area (TPSA) is 45.9 Å². The van der Waals surface area contributed by atoms with Gasteiger partial charge in [-0.3, -0.25) is 0 Å². The predicted octanol–water partition coefficient (Wildman–Crippen LogP) is 25.0. The molecule has 0 saturated heterocycles. The first kappa shape index (κ1) is 80.4. The number of anilines is 6. The molecule has 11 heteroatoms. The van der Waals surface area contributed by atoms with Crippen molar-refractivity contribution in [2.75, 3.05) is 9.80 Å². The van der Waals surface area contributed by atoms with Crippen molar-refractivity contribution in [3.8, 4) is 111 Å². The molecule has 0 spiro atoms. The zero-order valence-corrected chi connectivity index (χ0v) is 68.3. The number of rotatable bonds is 6. The van der Waals surface area contributed by atoms with Crippen LogP contribution in [0.2, 0.25) is 0 Å². The third-order valence-electron chi connectivity index (χ3n) is 16.4. The molecule has 9 heterocycles. The van der Waals surface area contributed by atoms with Crippen LogP contribution in [0.1, 0.15) is 46.8 Å². The van der Waals surface area contributed by atoms with Gasteiger partial charge in [-0.25, -0.2) is 0 Å². The zero-order chi connectivity index (χ0) is 78.8. The van der Waals surface area contributed by atoms with Crippen LogP contribution in [0.5, 0.6) is 0 Å². The van der Waals surface area contributed by atoms with Crippen LogP contribution in [-0.4, -0.2) is 43.5 Å². The number of para-hydroxylation sites is 3. The molecule has 0 N–H and O–H groups in total. The maximum Gasteiger partial charge on any atom is 0.176 e. The standard InChI is InChI=1S/C24H17N.C20H15N.C16H10.C8H4O2.C8H4S2.C8H4Se2.C6H4O.C6H4S.C6H4Se/c1-2-19-15-17-22(18-16-19)25(21-11-4-3-5-12-21)24-14-8-10-20-9-6-7-13-23(20)24;1-2-17-13-15-20(16-14-17)21(18-9-5-3-6-10-18)19-11-7-4-8-12-19;1-2-14-15-9-5-3-7-12(15)11-13-8-4-6-10-16(13)14;3*1-2-6-5-8-7(10-6)3-4-9-8;3*1-2-6-4-3-5-7-6/h1,3-18H;1,3-16H;1,3-11H;3*1,3-5H;3*1,3-5H. The van der Waals surface area contributed by atoms with Gasteiger partial charge in [0.15, 0.2) is 22.7 Å². The molecule has 113 heavy (non-hydrogen) atoms. The number of hydrogen-bond donors (Lipinski definition) is 0. The number of hydrogen-bond acceptors (Lipinski definition) is 8. The Hall–Kier alpha value is -13.7. The van der Waals surface area contributed by atoms with E-state index in [1.165, 1.54) is 43.9 Å². The van der Waals surface area contributed by atoms with Gasteiger partial charge in [0, 0.05) is 72.0 Å². The number of furan rings is 3. The van der Waals surface area contributed by atoms with Crippen LogP contribution in [-0.2, 0) is 0 Å². The van der Waals surface area contributed by atoms with E-state index in [9.17, 15) is 0 Å². The first-order valence-corrected chi connectivity index (χ1v) is 42.7. The van der Waals surface area contributed by atoms with Gasteiger partial charge in [-0.05, 0) is 177 Å². The molecule has 0 aliphatic carbocycles. The van der Waals surface area contributed by atoms with Crippen LogP contribution in [0.15, 0.2) is 356 Å². The van der Waals surface area contributed by atoms with Gasteiger partial charge >= 0.3 is 120 Å². The summed E-state index contributed by atoms with van der Waals surface area (Å²) in [5, 5.41) is 11.2.